The molecule has 168 valence electrons. The second-order valence-electron chi connectivity index (χ2n) is 9.22. The zero-order chi connectivity index (χ0) is 22.8. The fourth-order valence-electron chi connectivity index (χ4n) is 4.70. The molecule has 0 radical (unpaired) electrons. The first-order valence-corrected chi connectivity index (χ1v) is 11.3. The number of hydrogen-bond acceptors (Lipinski definition) is 5. The predicted octanol–water partition coefficient (Wildman–Crippen LogP) is 4.78. The molecule has 0 saturated carbocycles. The third-order valence-corrected chi connectivity index (χ3v) is 6.38. The molecule has 0 aliphatic carbocycles. The van der Waals surface area contributed by atoms with Gasteiger partial charge in [-0.25, -0.2) is 0 Å². The quantitative estimate of drug-likeness (QED) is 0.401. The van der Waals surface area contributed by atoms with Crippen LogP contribution in [-0.4, -0.2) is 29.7 Å². The van der Waals surface area contributed by atoms with Crippen molar-refractivity contribution in [3.63, 3.8) is 0 Å². The van der Waals surface area contributed by atoms with Gasteiger partial charge in [0.15, 0.2) is 5.78 Å². The average Bonchev–Trinajstić information content (AvgIpc) is 2.78. The number of ketones is 1. The molecule has 32 heavy (non-hydrogen) atoms. The minimum Gasteiger partial charge on any atom is -0.366 e. The molecule has 2 aliphatic rings. The molecule has 0 aromatic heterocycles. The minimum atomic E-state index is -0.359. The first kappa shape index (κ1) is 22.0. The molecule has 1 amide bonds. The molecule has 7 heteroatoms. The molecule has 0 bridgehead atoms. The molecule has 2 aliphatic heterocycles. The number of rotatable bonds is 6. The summed E-state index contributed by atoms with van der Waals surface area (Å²) in [7, 11) is 0. The molecule has 0 spiro atoms. The van der Waals surface area contributed by atoms with Crippen LogP contribution < -0.4 is 10.2 Å². The van der Waals surface area contributed by atoms with Gasteiger partial charge in [0, 0.05) is 42.7 Å². The smallest absolute Gasteiger partial charge is 0.292 e. The highest BCUT2D eigenvalue weighted by Crippen LogP contribution is 2.38. The first-order chi connectivity index (χ1) is 15.3. The number of aryl methyl sites for hydroxylation is 1. The molecule has 7 nitrogen and oxygen atoms in total. The van der Waals surface area contributed by atoms with E-state index in [9.17, 15) is 19.7 Å². The summed E-state index contributed by atoms with van der Waals surface area (Å²) in [6.07, 6.45) is 3.14. The number of carbonyl (C=O) groups excluding carboxylic acids is 2. The van der Waals surface area contributed by atoms with Crippen LogP contribution in [-0.2, 0) is 17.6 Å². The van der Waals surface area contributed by atoms with Gasteiger partial charge in [-0.2, -0.15) is 0 Å². The minimum absolute atomic E-state index is 0.0606. The van der Waals surface area contributed by atoms with Crippen LogP contribution in [0.5, 0.6) is 0 Å². The van der Waals surface area contributed by atoms with Crippen molar-refractivity contribution in [3.05, 3.63) is 63.2 Å². The Kier molecular flexibility index (Phi) is 6.26. The normalized spacial score (nSPS) is 16.6. The van der Waals surface area contributed by atoms with Crippen molar-refractivity contribution in [2.75, 3.05) is 23.3 Å². The number of nitro groups is 1. The van der Waals surface area contributed by atoms with Crippen LogP contribution in [0.1, 0.15) is 54.6 Å². The molecule has 1 saturated heterocycles. The van der Waals surface area contributed by atoms with E-state index in [4.69, 9.17) is 0 Å². The van der Waals surface area contributed by atoms with E-state index < -0.39 is 0 Å². The third kappa shape index (κ3) is 4.66. The van der Waals surface area contributed by atoms with E-state index in [1.54, 1.807) is 12.1 Å². The molecule has 0 unspecified atom stereocenters. The number of anilines is 2. The van der Waals surface area contributed by atoms with Crippen molar-refractivity contribution < 1.29 is 14.5 Å². The molecule has 2 aromatic rings. The number of hydrogen-bond donors (Lipinski definition) is 1. The molecule has 1 N–H and O–H groups in total. The highest BCUT2D eigenvalue weighted by molar-refractivity contribution is 5.98. The van der Waals surface area contributed by atoms with Gasteiger partial charge in [-0.1, -0.05) is 38.1 Å². The lowest BCUT2D eigenvalue weighted by molar-refractivity contribution is -0.384. The van der Waals surface area contributed by atoms with Crippen LogP contribution in [0, 0.1) is 22.0 Å². The van der Waals surface area contributed by atoms with Gasteiger partial charge in [0.25, 0.3) is 5.69 Å². The van der Waals surface area contributed by atoms with Crippen molar-refractivity contribution in [3.8, 4) is 0 Å². The standard InChI is InChI=1S/C25H29N3O4/c1-16(2)13-17-3-5-18(6-4-17)25(30)19-9-11-27(12-10-19)22-15-21-20(7-8-24(29)26-21)14-23(22)28(31)32/h3-6,14-16,19H,7-13H2,1-2H3,(H,26,29). The van der Waals surface area contributed by atoms with E-state index in [-0.39, 0.29) is 28.2 Å². The summed E-state index contributed by atoms with van der Waals surface area (Å²) in [6, 6.07) is 11.2. The highest BCUT2D eigenvalue weighted by atomic mass is 16.6. The fraction of sp³-hybridized carbons (Fsp3) is 0.440. The number of piperidine rings is 1. The largest absolute Gasteiger partial charge is 0.366 e. The van der Waals surface area contributed by atoms with Crippen molar-refractivity contribution in [1.29, 1.82) is 0 Å². The van der Waals surface area contributed by atoms with Gasteiger partial charge in [-0.05, 0) is 48.8 Å². The van der Waals surface area contributed by atoms with Crippen LogP contribution in [0.25, 0.3) is 0 Å². The summed E-state index contributed by atoms with van der Waals surface area (Å²) in [5.74, 6) is 0.564. The van der Waals surface area contributed by atoms with Gasteiger partial charge < -0.3 is 10.2 Å². The van der Waals surface area contributed by atoms with Crippen molar-refractivity contribution in [2.45, 2.75) is 46.0 Å². The van der Waals surface area contributed by atoms with E-state index in [1.807, 2.05) is 29.2 Å². The van der Waals surface area contributed by atoms with Crippen LogP contribution in [0.2, 0.25) is 0 Å². The topological polar surface area (TPSA) is 92.6 Å². The number of carbonyl (C=O) groups is 2. The van der Waals surface area contributed by atoms with E-state index in [0.29, 0.717) is 56.1 Å². The Morgan fingerprint density at radius 2 is 1.84 bits per heavy atom. The number of amides is 1. The Morgan fingerprint density at radius 1 is 1.16 bits per heavy atom. The maximum absolute atomic E-state index is 13.0. The second kappa shape index (κ2) is 9.10. The van der Waals surface area contributed by atoms with Gasteiger partial charge in [0.1, 0.15) is 5.69 Å². The van der Waals surface area contributed by atoms with E-state index >= 15 is 0 Å². The summed E-state index contributed by atoms with van der Waals surface area (Å²) in [6.45, 7) is 5.48. The summed E-state index contributed by atoms with van der Waals surface area (Å²) in [5, 5.41) is 14.5. The van der Waals surface area contributed by atoms with Crippen LogP contribution in [0.15, 0.2) is 36.4 Å². The Labute approximate surface area is 188 Å². The molecular weight excluding hydrogens is 406 g/mol. The number of nitrogens with one attached hydrogen (secondary N) is 1. The van der Waals surface area contributed by atoms with Crippen molar-refractivity contribution in [1.82, 2.24) is 0 Å². The average molecular weight is 436 g/mol. The lowest BCUT2D eigenvalue weighted by atomic mass is 9.88. The fourth-order valence-corrected chi connectivity index (χ4v) is 4.70. The number of fused-ring (bicyclic) bond motifs is 1. The zero-order valence-corrected chi connectivity index (χ0v) is 18.6. The Bertz CT molecular complexity index is 1040. The zero-order valence-electron chi connectivity index (χ0n) is 18.6. The molecule has 2 aromatic carbocycles. The van der Waals surface area contributed by atoms with Crippen LogP contribution in [0.4, 0.5) is 17.1 Å². The van der Waals surface area contributed by atoms with E-state index in [1.165, 1.54) is 5.56 Å². The van der Waals surface area contributed by atoms with Crippen LogP contribution in [0.3, 0.4) is 0 Å². The van der Waals surface area contributed by atoms with E-state index in [0.717, 1.165) is 17.5 Å². The Balaban J connectivity index is 1.46. The van der Waals surface area contributed by atoms with Gasteiger partial charge >= 0.3 is 0 Å². The Hall–Kier alpha value is -3.22. The third-order valence-electron chi connectivity index (χ3n) is 6.38. The number of Topliss-reactive ketones (excluding diaryl/α,β-unsaturated/α-hetero) is 1. The summed E-state index contributed by atoms with van der Waals surface area (Å²) < 4.78 is 0. The van der Waals surface area contributed by atoms with Crippen LogP contribution >= 0.6 is 0 Å². The van der Waals surface area contributed by atoms with Crippen molar-refractivity contribution >= 4 is 28.8 Å². The molecule has 1 fully saturated rings. The van der Waals surface area contributed by atoms with Crippen molar-refractivity contribution in [2.24, 2.45) is 11.8 Å². The molecular formula is C25H29N3O4. The van der Waals surface area contributed by atoms with Gasteiger partial charge in [-0.15, -0.1) is 0 Å². The number of benzene rings is 2. The maximum atomic E-state index is 13.0. The second-order valence-corrected chi connectivity index (χ2v) is 9.22. The summed E-state index contributed by atoms with van der Waals surface area (Å²) in [4.78, 5) is 38.1. The lowest BCUT2D eigenvalue weighted by Crippen LogP contribution is -2.37. The van der Waals surface area contributed by atoms with Gasteiger partial charge in [-0.3, -0.25) is 19.7 Å². The summed E-state index contributed by atoms with van der Waals surface area (Å²) in [5.41, 5.74) is 3.99. The molecule has 0 atom stereocenters. The SMILES string of the molecule is CC(C)Cc1ccc(C(=O)C2CCN(c3cc4c(cc3[N+](=O)[O-])CCC(=O)N4)CC2)cc1. The van der Waals surface area contributed by atoms with Gasteiger partial charge in [0.2, 0.25) is 5.91 Å². The maximum Gasteiger partial charge on any atom is 0.292 e. The number of nitro benzene ring substituents is 1. The Morgan fingerprint density at radius 3 is 2.47 bits per heavy atom. The number of nitrogens with zero attached hydrogens (tertiary/aromatic N) is 2. The molecule has 2 heterocycles. The van der Waals surface area contributed by atoms with E-state index in [2.05, 4.69) is 19.2 Å². The monoisotopic (exact) mass is 435 g/mol. The highest BCUT2D eigenvalue weighted by Gasteiger charge is 2.30. The predicted molar refractivity (Wildman–Crippen MR) is 124 cm³/mol. The van der Waals surface area contributed by atoms with Gasteiger partial charge in [0.05, 0.1) is 4.92 Å². The first-order valence-electron chi connectivity index (χ1n) is 11.3. The summed E-state index contributed by atoms with van der Waals surface area (Å²) >= 11 is 0. The lowest BCUT2D eigenvalue weighted by Gasteiger charge is -2.33. The molecule has 4 rings (SSSR count).